The Bertz CT molecular complexity index is 1080. The number of anilines is 1. The molecule has 1 aliphatic rings. The van der Waals surface area contributed by atoms with Crippen LogP contribution >= 0.6 is 27.5 Å². The zero-order valence-corrected chi connectivity index (χ0v) is 17.9. The average Bonchev–Trinajstić information content (AvgIpc) is 2.62. The summed E-state index contributed by atoms with van der Waals surface area (Å²) in [6.07, 6.45) is -6.74. The molecule has 2 aromatic rings. The maximum Gasteiger partial charge on any atom is 0.425 e. The lowest BCUT2D eigenvalue weighted by Gasteiger charge is -2.36. The van der Waals surface area contributed by atoms with E-state index < -0.39 is 53.4 Å². The number of pyridine rings is 1. The van der Waals surface area contributed by atoms with Gasteiger partial charge in [0.1, 0.15) is 5.69 Å². The number of amides is 1. The average molecular weight is 528 g/mol. The Labute approximate surface area is 185 Å². The molecule has 0 aliphatic carbocycles. The number of rotatable bonds is 3. The molecule has 3 rings (SSSR count). The molecule has 0 saturated carbocycles. The Morgan fingerprint density at radius 1 is 1.35 bits per heavy atom. The van der Waals surface area contributed by atoms with Crippen LogP contribution in [0.25, 0.3) is 0 Å². The molecule has 31 heavy (non-hydrogen) atoms. The topological polar surface area (TPSA) is 89.6 Å². The number of amidine groups is 1. The van der Waals surface area contributed by atoms with Crippen molar-refractivity contribution in [2.75, 3.05) is 5.32 Å². The van der Waals surface area contributed by atoms with Gasteiger partial charge < -0.3 is 15.8 Å². The van der Waals surface area contributed by atoms with Gasteiger partial charge in [-0.05, 0) is 35.0 Å². The predicted octanol–water partition coefficient (Wildman–Crippen LogP) is 4.91. The molecule has 6 nitrogen and oxygen atoms in total. The number of aromatic nitrogens is 1. The van der Waals surface area contributed by atoms with Crippen molar-refractivity contribution in [3.8, 4) is 0 Å². The van der Waals surface area contributed by atoms with Gasteiger partial charge in [0.25, 0.3) is 11.9 Å². The maximum absolute atomic E-state index is 14.6. The monoisotopic (exact) mass is 526 g/mol. The largest absolute Gasteiger partial charge is 0.452 e. The van der Waals surface area contributed by atoms with Crippen molar-refractivity contribution in [2.45, 2.75) is 31.2 Å². The first-order valence-electron chi connectivity index (χ1n) is 8.51. The molecule has 1 aromatic carbocycles. The van der Waals surface area contributed by atoms with E-state index in [1.165, 1.54) is 12.3 Å². The zero-order chi connectivity index (χ0) is 23.1. The second-order valence-electron chi connectivity index (χ2n) is 6.83. The maximum atomic E-state index is 14.6. The van der Waals surface area contributed by atoms with E-state index in [-0.39, 0.29) is 16.4 Å². The lowest BCUT2D eigenvalue weighted by molar-refractivity contribution is -0.208. The zero-order valence-electron chi connectivity index (χ0n) is 15.5. The van der Waals surface area contributed by atoms with Crippen LogP contribution < -0.4 is 11.1 Å². The third kappa shape index (κ3) is 4.90. The Morgan fingerprint density at radius 2 is 2.03 bits per heavy atom. The van der Waals surface area contributed by atoms with Crippen molar-refractivity contribution in [1.82, 2.24) is 4.98 Å². The molecule has 166 valence electrons. The van der Waals surface area contributed by atoms with Gasteiger partial charge in [-0.25, -0.2) is 18.8 Å². The minimum atomic E-state index is -4.81. The highest BCUT2D eigenvalue weighted by Gasteiger charge is 2.50. The number of ether oxygens (including phenoxy) is 1. The number of carbonyl (C=O) groups excluding carboxylic acids is 1. The van der Waals surface area contributed by atoms with E-state index in [1.807, 2.05) is 0 Å². The SMILES string of the molecule is CC1(c2cc(NC(=O)c3ncc(Br)cc3Cl)cc(F)c2F)CC(C(F)(F)F)OC(N)=N1. The van der Waals surface area contributed by atoms with E-state index in [0.29, 0.717) is 10.5 Å². The van der Waals surface area contributed by atoms with Crippen LogP contribution in [0.2, 0.25) is 5.02 Å². The first-order chi connectivity index (χ1) is 14.3. The summed E-state index contributed by atoms with van der Waals surface area (Å²) in [7, 11) is 0. The number of hydrogen-bond acceptors (Lipinski definition) is 5. The minimum Gasteiger partial charge on any atom is -0.452 e. The lowest BCUT2D eigenvalue weighted by Crippen LogP contribution is -2.46. The summed E-state index contributed by atoms with van der Waals surface area (Å²) in [6.45, 7) is 1.15. The molecular weight excluding hydrogens is 515 g/mol. The Morgan fingerprint density at radius 3 is 2.65 bits per heavy atom. The Balaban J connectivity index is 1.99. The summed E-state index contributed by atoms with van der Waals surface area (Å²) in [4.78, 5) is 20.1. The molecule has 0 fully saturated rings. The van der Waals surface area contributed by atoms with Gasteiger partial charge in [0.2, 0.25) is 0 Å². The van der Waals surface area contributed by atoms with E-state index in [1.54, 1.807) is 0 Å². The standard InChI is InChI=1S/C18H13BrClF5N4O2/c1-17(5-12(18(23,24)25)31-16(26)29-17)9-3-8(4-11(21)13(9)22)28-15(30)14-10(20)2-7(19)6-27-14/h2-4,6,12H,5H2,1H3,(H2,26,29)(H,28,30). The second-order valence-corrected chi connectivity index (χ2v) is 8.16. The van der Waals surface area contributed by atoms with Crippen molar-refractivity contribution >= 4 is 45.1 Å². The lowest BCUT2D eigenvalue weighted by atomic mass is 9.85. The van der Waals surface area contributed by atoms with Crippen LogP contribution in [0.3, 0.4) is 0 Å². The van der Waals surface area contributed by atoms with E-state index in [2.05, 4.69) is 36.0 Å². The van der Waals surface area contributed by atoms with E-state index in [9.17, 15) is 26.7 Å². The van der Waals surface area contributed by atoms with Gasteiger partial charge in [0, 0.05) is 34.4 Å². The van der Waals surface area contributed by atoms with Crippen LogP contribution in [-0.4, -0.2) is 29.2 Å². The van der Waals surface area contributed by atoms with Crippen LogP contribution in [0.1, 0.15) is 29.4 Å². The van der Waals surface area contributed by atoms with Gasteiger partial charge in [-0.2, -0.15) is 13.2 Å². The van der Waals surface area contributed by atoms with Crippen LogP contribution in [0.5, 0.6) is 0 Å². The molecule has 3 N–H and O–H groups in total. The molecule has 0 bridgehead atoms. The number of benzene rings is 1. The first kappa shape index (κ1) is 23.2. The molecule has 0 saturated heterocycles. The fourth-order valence-electron chi connectivity index (χ4n) is 3.04. The molecule has 13 heteroatoms. The highest BCUT2D eigenvalue weighted by molar-refractivity contribution is 9.10. The van der Waals surface area contributed by atoms with Crippen LogP contribution in [-0.2, 0) is 10.3 Å². The quantitative estimate of drug-likeness (QED) is 0.555. The smallest absolute Gasteiger partial charge is 0.425 e. The summed E-state index contributed by atoms with van der Waals surface area (Å²) in [5.74, 6) is -3.69. The molecular formula is C18H13BrClF5N4O2. The second kappa shape index (κ2) is 8.23. The fraction of sp³-hybridized carbons (Fsp3) is 0.278. The van der Waals surface area contributed by atoms with E-state index >= 15 is 0 Å². The molecule has 2 heterocycles. The molecule has 0 radical (unpaired) electrons. The van der Waals surface area contributed by atoms with E-state index in [0.717, 1.165) is 13.0 Å². The Hall–Kier alpha value is -2.47. The number of halogens is 7. The molecule has 1 aliphatic heterocycles. The number of nitrogens with zero attached hydrogens (tertiary/aromatic N) is 2. The summed E-state index contributed by atoms with van der Waals surface area (Å²) in [5.41, 5.74) is 2.46. The number of carbonyl (C=O) groups is 1. The molecule has 0 spiro atoms. The minimum absolute atomic E-state index is 0.0172. The van der Waals surface area contributed by atoms with Gasteiger partial charge in [-0.3, -0.25) is 4.79 Å². The molecule has 1 aromatic heterocycles. The number of alkyl halides is 3. The highest BCUT2D eigenvalue weighted by atomic mass is 79.9. The van der Waals surface area contributed by atoms with Crippen molar-refractivity contribution < 1.29 is 31.5 Å². The van der Waals surface area contributed by atoms with E-state index in [4.69, 9.17) is 17.3 Å². The number of nitrogens with two attached hydrogens (primary N) is 1. The highest BCUT2D eigenvalue weighted by Crippen LogP contribution is 2.42. The fourth-order valence-corrected chi connectivity index (χ4v) is 3.76. The molecule has 2 unspecified atom stereocenters. The van der Waals surface area contributed by atoms with Gasteiger partial charge >= 0.3 is 6.18 Å². The van der Waals surface area contributed by atoms with Crippen molar-refractivity contribution in [3.63, 3.8) is 0 Å². The third-order valence-corrected chi connectivity index (χ3v) is 5.18. The Kier molecular flexibility index (Phi) is 6.16. The van der Waals surface area contributed by atoms with Crippen molar-refractivity contribution in [3.05, 3.63) is 56.8 Å². The summed E-state index contributed by atoms with van der Waals surface area (Å²) < 4.78 is 73.4. The summed E-state index contributed by atoms with van der Waals surface area (Å²) >= 11 is 9.09. The number of aliphatic imine (C=N–C) groups is 1. The molecule has 2 atom stereocenters. The van der Waals surface area contributed by atoms with Crippen LogP contribution in [0.4, 0.5) is 27.6 Å². The molecule has 1 amide bonds. The van der Waals surface area contributed by atoms with Gasteiger partial charge in [0.15, 0.2) is 17.7 Å². The summed E-state index contributed by atoms with van der Waals surface area (Å²) in [5, 5.41) is 2.28. The van der Waals surface area contributed by atoms with Crippen molar-refractivity contribution in [1.29, 1.82) is 0 Å². The first-order valence-corrected chi connectivity index (χ1v) is 9.68. The number of hydrogen-bond donors (Lipinski definition) is 2. The van der Waals surface area contributed by atoms with Gasteiger partial charge in [0.05, 0.1) is 10.6 Å². The summed E-state index contributed by atoms with van der Waals surface area (Å²) in [6, 6.07) is 2.22. The normalized spacial score (nSPS) is 21.3. The predicted molar refractivity (Wildman–Crippen MR) is 106 cm³/mol. The van der Waals surface area contributed by atoms with Gasteiger partial charge in [-0.1, -0.05) is 11.6 Å². The van der Waals surface area contributed by atoms with Crippen LogP contribution in [0.15, 0.2) is 33.9 Å². The van der Waals surface area contributed by atoms with Crippen LogP contribution in [0, 0.1) is 11.6 Å². The number of nitrogens with one attached hydrogen (secondary N) is 1. The van der Waals surface area contributed by atoms with Crippen molar-refractivity contribution in [2.24, 2.45) is 10.7 Å². The van der Waals surface area contributed by atoms with Gasteiger partial charge in [-0.15, -0.1) is 0 Å². The third-order valence-electron chi connectivity index (χ3n) is 4.46.